The second-order valence-electron chi connectivity index (χ2n) is 4.14. The van der Waals surface area contributed by atoms with Crippen LogP contribution in [0.4, 0.5) is 0 Å². The Bertz CT molecular complexity index is 129. The largest absolute Gasteiger partial charge is 0.434 e. The van der Waals surface area contributed by atoms with E-state index < -0.39 is 0 Å². The van der Waals surface area contributed by atoms with Gasteiger partial charge in [0.25, 0.3) is 7.48 Å². The summed E-state index contributed by atoms with van der Waals surface area (Å²) < 4.78 is 5.52. The smallest absolute Gasteiger partial charge is 0.293 e. The second-order valence-corrected chi connectivity index (χ2v) is 5.26. The molecule has 0 rings (SSSR count). The van der Waals surface area contributed by atoms with Crippen LogP contribution in [-0.2, 0) is 4.65 Å². The molecule has 0 bridgehead atoms. The zero-order chi connectivity index (χ0) is 9.83. The maximum Gasteiger partial charge on any atom is 0.293 e. The minimum Gasteiger partial charge on any atom is -0.434 e. The summed E-state index contributed by atoms with van der Waals surface area (Å²) >= 11 is 4.49. The van der Waals surface area contributed by atoms with Gasteiger partial charge in [-0.25, -0.2) is 0 Å². The summed E-state index contributed by atoms with van der Waals surface area (Å²) in [6.45, 7) is 10.4. The van der Waals surface area contributed by atoms with Crippen LogP contribution in [0.2, 0.25) is 6.32 Å². The highest BCUT2D eigenvalue weighted by atomic mass is 32.1. The van der Waals surface area contributed by atoms with Gasteiger partial charge in [0.1, 0.15) is 0 Å². The summed E-state index contributed by atoms with van der Waals surface area (Å²) in [7, 11) is 1.89. The molecular weight excluding hydrogens is 167 g/mol. The highest BCUT2D eigenvalue weighted by Gasteiger charge is 2.33. The van der Waals surface area contributed by atoms with Crippen molar-refractivity contribution in [1.82, 2.24) is 0 Å². The van der Waals surface area contributed by atoms with Gasteiger partial charge in [0.2, 0.25) is 0 Å². The van der Waals surface area contributed by atoms with Crippen LogP contribution in [-0.4, -0.2) is 17.8 Å². The molecule has 1 nitrogen and oxygen atoms in total. The standard InChI is InChI=1S/C9H20BOS/c1-6-7-10-11-8(2,3)9(4,5)12/h12H,6-7H2,1-5H3. The SMILES string of the molecule is CCC[B]OC(C)(C)C(C)(C)S. The average molecular weight is 187 g/mol. The molecule has 0 aliphatic carbocycles. The van der Waals surface area contributed by atoms with Crippen molar-refractivity contribution in [1.29, 1.82) is 0 Å². The lowest BCUT2D eigenvalue weighted by Gasteiger charge is -2.38. The summed E-state index contributed by atoms with van der Waals surface area (Å²) in [5.41, 5.74) is -0.203. The van der Waals surface area contributed by atoms with E-state index in [2.05, 4.69) is 47.2 Å². The number of thiol groups is 1. The third-order valence-corrected chi connectivity index (χ3v) is 2.80. The van der Waals surface area contributed by atoms with Gasteiger partial charge in [-0.05, 0) is 27.7 Å². The van der Waals surface area contributed by atoms with Gasteiger partial charge < -0.3 is 4.65 Å². The van der Waals surface area contributed by atoms with Gasteiger partial charge in [-0.1, -0.05) is 19.7 Å². The molecule has 0 aromatic rings. The topological polar surface area (TPSA) is 9.23 Å². The molecule has 0 saturated carbocycles. The van der Waals surface area contributed by atoms with Crippen LogP contribution >= 0.6 is 12.6 Å². The first-order valence-corrected chi connectivity index (χ1v) is 4.98. The molecule has 12 heavy (non-hydrogen) atoms. The number of hydrogen-bond acceptors (Lipinski definition) is 2. The van der Waals surface area contributed by atoms with E-state index in [4.69, 9.17) is 4.65 Å². The van der Waals surface area contributed by atoms with E-state index in [1.165, 1.54) is 0 Å². The predicted octanol–water partition coefficient (Wildman–Crippen LogP) is 2.94. The van der Waals surface area contributed by atoms with Crippen molar-refractivity contribution < 1.29 is 4.65 Å². The molecule has 0 aliphatic rings. The van der Waals surface area contributed by atoms with E-state index in [0.717, 1.165) is 12.7 Å². The summed E-state index contributed by atoms with van der Waals surface area (Å²) in [6.07, 6.45) is 2.14. The molecule has 0 amide bonds. The van der Waals surface area contributed by atoms with Gasteiger partial charge in [-0.3, -0.25) is 0 Å². The van der Waals surface area contributed by atoms with E-state index in [9.17, 15) is 0 Å². The van der Waals surface area contributed by atoms with Crippen molar-refractivity contribution in [2.24, 2.45) is 0 Å². The Morgan fingerprint density at radius 2 is 1.75 bits per heavy atom. The van der Waals surface area contributed by atoms with E-state index in [-0.39, 0.29) is 10.3 Å². The molecule has 0 unspecified atom stereocenters. The van der Waals surface area contributed by atoms with Gasteiger partial charge in [0.15, 0.2) is 0 Å². The first kappa shape index (κ1) is 12.4. The molecule has 0 aromatic carbocycles. The highest BCUT2D eigenvalue weighted by Crippen LogP contribution is 2.30. The Kier molecular flexibility index (Phi) is 4.71. The van der Waals surface area contributed by atoms with Crippen LogP contribution in [0.25, 0.3) is 0 Å². The van der Waals surface area contributed by atoms with Gasteiger partial charge in [0.05, 0.1) is 5.60 Å². The Labute approximate surface area is 82.9 Å². The molecule has 0 N–H and O–H groups in total. The van der Waals surface area contributed by atoms with Gasteiger partial charge in [0, 0.05) is 4.75 Å². The predicted molar refractivity (Wildman–Crippen MR) is 59.1 cm³/mol. The molecule has 0 fully saturated rings. The lowest BCUT2D eigenvalue weighted by atomic mass is 9.87. The van der Waals surface area contributed by atoms with E-state index in [1.807, 2.05) is 7.48 Å². The summed E-state index contributed by atoms with van der Waals surface area (Å²) in [5.74, 6) is 0. The zero-order valence-corrected chi connectivity index (χ0v) is 9.74. The van der Waals surface area contributed by atoms with Crippen molar-refractivity contribution in [3.8, 4) is 0 Å². The summed E-state index contributed by atoms with van der Waals surface area (Å²) in [5, 5.41) is 0. The molecule has 0 aromatic heterocycles. The fourth-order valence-electron chi connectivity index (χ4n) is 0.529. The Hall–Kier alpha value is 0.375. The second kappa shape index (κ2) is 4.57. The van der Waals surface area contributed by atoms with Crippen molar-refractivity contribution in [2.75, 3.05) is 0 Å². The molecule has 3 heteroatoms. The molecular formula is C9H20BOS. The minimum atomic E-state index is -0.203. The van der Waals surface area contributed by atoms with Crippen molar-refractivity contribution >= 4 is 20.1 Å². The quantitative estimate of drug-likeness (QED) is 0.395. The summed E-state index contributed by atoms with van der Waals surface area (Å²) in [4.78, 5) is 0. The molecule has 0 heterocycles. The van der Waals surface area contributed by atoms with Gasteiger partial charge in [-0.15, -0.1) is 0 Å². The highest BCUT2D eigenvalue weighted by molar-refractivity contribution is 7.81. The van der Waals surface area contributed by atoms with Crippen molar-refractivity contribution in [3.05, 3.63) is 0 Å². The van der Waals surface area contributed by atoms with Crippen LogP contribution in [0.1, 0.15) is 41.0 Å². The minimum absolute atomic E-state index is 0.114. The fourth-order valence-corrected chi connectivity index (χ4v) is 0.582. The lowest BCUT2D eigenvalue weighted by molar-refractivity contribution is 0.0825. The van der Waals surface area contributed by atoms with E-state index in [1.54, 1.807) is 0 Å². The van der Waals surface area contributed by atoms with Crippen LogP contribution in [0, 0.1) is 0 Å². The van der Waals surface area contributed by atoms with Crippen molar-refractivity contribution in [2.45, 2.75) is 57.7 Å². The van der Waals surface area contributed by atoms with Gasteiger partial charge in [-0.2, -0.15) is 12.6 Å². The average Bonchev–Trinajstić information content (AvgIpc) is 1.85. The maximum absolute atomic E-state index is 5.63. The fraction of sp³-hybridized carbons (Fsp3) is 1.00. The first-order valence-electron chi connectivity index (χ1n) is 4.53. The molecule has 0 aliphatic heterocycles. The first-order chi connectivity index (χ1) is 5.31. The molecule has 71 valence electrons. The zero-order valence-electron chi connectivity index (χ0n) is 8.85. The van der Waals surface area contributed by atoms with Crippen LogP contribution in [0.15, 0.2) is 0 Å². The number of hydrogen-bond donors (Lipinski definition) is 1. The Morgan fingerprint density at radius 1 is 1.25 bits per heavy atom. The Balaban J connectivity index is 3.88. The third-order valence-electron chi connectivity index (χ3n) is 2.26. The monoisotopic (exact) mass is 187 g/mol. The van der Waals surface area contributed by atoms with Crippen LogP contribution < -0.4 is 0 Å². The molecule has 0 saturated heterocycles. The maximum atomic E-state index is 5.63. The summed E-state index contributed by atoms with van der Waals surface area (Å²) in [6, 6.07) is 0. The van der Waals surface area contributed by atoms with E-state index >= 15 is 0 Å². The van der Waals surface area contributed by atoms with Crippen molar-refractivity contribution in [3.63, 3.8) is 0 Å². The molecule has 1 radical (unpaired) electrons. The molecule has 0 spiro atoms. The van der Waals surface area contributed by atoms with Crippen LogP contribution in [0.5, 0.6) is 0 Å². The van der Waals surface area contributed by atoms with Crippen LogP contribution in [0.3, 0.4) is 0 Å². The normalized spacial score (nSPS) is 13.2. The molecule has 0 atom stereocenters. The lowest BCUT2D eigenvalue weighted by Crippen LogP contribution is -2.44. The third kappa shape index (κ3) is 3.86. The number of rotatable bonds is 5. The Morgan fingerprint density at radius 3 is 2.08 bits per heavy atom. The van der Waals surface area contributed by atoms with Gasteiger partial charge >= 0.3 is 0 Å². The van der Waals surface area contributed by atoms with E-state index in [0.29, 0.717) is 0 Å².